The monoisotopic (exact) mass is 194 g/mol. The van der Waals surface area contributed by atoms with E-state index in [2.05, 4.69) is 11.4 Å². The van der Waals surface area contributed by atoms with Crippen molar-refractivity contribution in [2.45, 2.75) is 6.42 Å². The first kappa shape index (κ1) is 11.0. The molecule has 0 aliphatic heterocycles. The predicted octanol–water partition coefficient (Wildman–Crippen LogP) is 1.05. The quantitative estimate of drug-likeness (QED) is 0.525. The van der Waals surface area contributed by atoms with Gasteiger partial charge in [-0.15, -0.1) is 0 Å². The summed E-state index contributed by atoms with van der Waals surface area (Å²) < 4.78 is 4.93. The van der Waals surface area contributed by atoms with E-state index in [-0.39, 0.29) is 0 Å². The van der Waals surface area contributed by atoms with Crippen LogP contribution in [0, 0.1) is 0 Å². The Balaban J connectivity index is 2.18. The molecule has 0 atom stereocenters. The Morgan fingerprint density at radius 2 is 2.21 bits per heavy atom. The molecule has 0 amide bonds. The molecule has 0 aliphatic carbocycles. The number of hydrogen-bond acceptors (Lipinski definition) is 3. The zero-order chi connectivity index (χ0) is 10.2. The third-order valence-corrected chi connectivity index (χ3v) is 2.02. The van der Waals surface area contributed by atoms with Crippen LogP contribution in [-0.4, -0.2) is 26.8 Å². The van der Waals surface area contributed by atoms with E-state index in [0.29, 0.717) is 0 Å². The second-order valence-electron chi connectivity index (χ2n) is 3.24. The molecule has 0 aliphatic rings. The maximum atomic E-state index is 5.67. The number of nitrogens with two attached hydrogens (primary N) is 1. The fourth-order valence-corrected chi connectivity index (χ4v) is 1.28. The van der Waals surface area contributed by atoms with Gasteiger partial charge < -0.3 is 15.8 Å². The zero-order valence-corrected chi connectivity index (χ0v) is 8.62. The van der Waals surface area contributed by atoms with Crippen molar-refractivity contribution < 1.29 is 4.74 Å². The number of rotatable bonds is 6. The summed E-state index contributed by atoms with van der Waals surface area (Å²) in [7, 11) is 1.71. The van der Waals surface area contributed by atoms with Crippen LogP contribution in [0.15, 0.2) is 24.3 Å². The Labute approximate surface area is 85.3 Å². The lowest BCUT2D eigenvalue weighted by Crippen LogP contribution is -2.21. The lowest BCUT2D eigenvalue weighted by Gasteiger charge is -2.04. The lowest BCUT2D eigenvalue weighted by molar-refractivity contribution is 0.199. The summed E-state index contributed by atoms with van der Waals surface area (Å²) in [5.74, 6) is 0. The maximum absolute atomic E-state index is 5.67. The topological polar surface area (TPSA) is 47.3 Å². The van der Waals surface area contributed by atoms with Gasteiger partial charge in [0.05, 0.1) is 6.61 Å². The van der Waals surface area contributed by atoms with E-state index in [1.165, 1.54) is 5.56 Å². The molecule has 78 valence electrons. The molecule has 1 aromatic carbocycles. The molecule has 0 radical (unpaired) electrons. The maximum Gasteiger partial charge on any atom is 0.0587 e. The molecule has 3 heteroatoms. The molecule has 0 fully saturated rings. The van der Waals surface area contributed by atoms with Crippen LogP contribution >= 0.6 is 0 Å². The molecule has 3 N–H and O–H groups in total. The highest BCUT2D eigenvalue weighted by atomic mass is 16.5. The smallest absolute Gasteiger partial charge is 0.0587 e. The number of nitrogen functional groups attached to an aromatic ring is 1. The molecular weight excluding hydrogens is 176 g/mol. The number of ether oxygens (including phenoxy) is 1. The van der Waals surface area contributed by atoms with Crippen LogP contribution in [0.4, 0.5) is 5.69 Å². The van der Waals surface area contributed by atoms with Gasteiger partial charge in [-0.2, -0.15) is 0 Å². The van der Waals surface area contributed by atoms with E-state index < -0.39 is 0 Å². The van der Waals surface area contributed by atoms with Gasteiger partial charge in [-0.1, -0.05) is 12.1 Å². The average Bonchev–Trinajstić information content (AvgIpc) is 2.18. The van der Waals surface area contributed by atoms with E-state index in [0.717, 1.165) is 31.8 Å². The van der Waals surface area contributed by atoms with Gasteiger partial charge in [-0.25, -0.2) is 0 Å². The highest BCUT2D eigenvalue weighted by Gasteiger charge is 1.93. The molecule has 0 aromatic heterocycles. The second-order valence-corrected chi connectivity index (χ2v) is 3.24. The zero-order valence-electron chi connectivity index (χ0n) is 8.62. The van der Waals surface area contributed by atoms with Crippen LogP contribution in [0.5, 0.6) is 0 Å². The highest BCUT2D eigenvalue weighted by Crippen LogP contribution is 2.06. The minimum absolute atomic E-state index is 0.761. The van der Waals surface area contributed by atoms with E-state index in [1.54, 1.807) is 7.11 Å². The molecule has 0 spiro atoms. The number of hydrogen-bond donors (Lipinski definition) is 2. The van der Waals surface area contributed by atoms with Crippen LogP contribution in [-0.2, 0) is 11.2 Å². The second kappa shape index (κ2) is 6.40. The highest BCUT2D eigenvalue weighted by molar-refractivity contribution is 5.40. The number of benzene rings is 1. The molecule has 0 bridgehead atoms. The largest absolute Gasteiger partial charge is 0.399 e. The van der Waals surface area contributed by atoms with E-state index >= 15 is 0 Å². The van der Waals surface area contributed by atoms with Crippen molar-refractivity contribution in [2.75, 3.05) is 32.5 Å². The van der Waals surface area contributed by atoms with Crippen molar-refractivity contribution in [1.82, 2.24) is 5.32 Å². The first-order chi connectivity index (χ1) is 6.83. The van der Waals surface area contributed by atoms with Crippen LogP contribution in [0.2, 0.25) is 0 Å². The van der Waals surface area contributed by atoms with Crippen LogP contribution in [0.3, 0.4) is 0 Å². The number of methoxy groups -OCH3 is 1. The van der Waals surface area contributed by atoms with Crippen LogP contribution < -0.4 is 11.1 Å². The number of anilines is 1. The van der Waals surface area contributed by atoms with E-state index in [1.807, 2.05) is 18.2 Å². The third-order valence-electron chi connectivity index (χ3n) is 2.02. The minimum atomic E-state index is 0.761. The molecule has 0 unspecified atom stereocenters. The Bertz CT molecular complexity index is 263. The third kappa shape index (κ3) is 4.25. The standard InChI is InChI=1S/C11H18N2O/c1-14-8-7-13-6-5-10-3-2-4-11(12)9-10/h2-4,9,13H,5-8,12H2,1H3. The Morgan fingerprint density at radius 1 is 1.36 bits per heavy atom. The van der Waals surface area contributed by atoms with Crippen LogP contribution in [0.25, 0.3) is 0 Å². The Kier molecular flexibility index (Phi) is 5.04. The van der Waals surface area contributed by atoms with Gasteiger partial charge >= 0.3 is 0 Å². The molecule has 14 heavy (non-hydrogen) atoms. The van der Waals surface area contributed by atoms with Crippen molar-refractivity contribution in [3.63, 3.8) is 0 Å². The van der Waals surface area contributed by atoms with Crippen molar-refractivity contribution in [3.05, 3.63) is 29.8 Å². The van der Waals surface area contributed by atoms with Gasteiger partial charge in [-0.3, -0.25) is 0 Å². The average molecular weight is 194 g/mol. The Morgan fingerprint density at radius 3 is 2.93 bits per heavy atom. The summed E-state index contributed by atoms with van der Waals surface area (Å²) in [6.45, 7) is 2.63. The SMILES string of the molecule is COCCNCCc1cccc(N)c1. The normalized spacial score (nSPS) is 10.4. The van der Waals surface area contributed by atoms with Crippen molar-refractivity contribution in [2.24, 2.45) is 0 Å². The van der Waals surface area contributed by atoms with Gasteiger partial charge in [0.2, 0.25) is 0 Å². The van der Waals surface area contributed by atoms with Gasteiger partial charge in [0.25, 0.3) is 0 Å². The lowest BCUT2D eigenvalue weighted by atomic mass is 10.1. The van der Waals surface area contributed by atoms with Gasteiger partial charge in [0.15, 0.2) is 0 Å². The van der Waals surface area contributed by atoms with Gasteiger partial charge in [0.1, 0.15) is 0 Å². The van der Waals surface area contributed by atoms with Crippen LogP contribution in [0.1, 0.15) is 5.56 Å². The van der Waals surface area contributed by atoms with E-state index in [4.69, 9.17) is 10.5 Å². The van der Waals surface area contributed by atoms with Crippen molar-refractivity contribution in [1.29, 1.82) is 0 Å². The summed E-state index contributed by atoms with van der Waals surface area (Å²) in [5.41, 5.74) is 7.78. The van der Waals surface area contributed by atoms with E-state index in [9.17, 15) is 0 Å². The van der Waals surface area contributed by atoms with Gasteiger partial charge in [-0.05, 0) is 30.7 Å². The summed E-state index contributed by atoms with van der Waals surface area (Å²) in [6.07, 6.45) is 1.01. The fourth-order valence-electron chi connectivity index (χ4n) is 1.28. The molecule has 0 saturated carbocycles. The van der Waals surface area contributed by atoms with Crippen molar-refractivity contribution >= 4 is 5.69 Å². The molecule has 1 aromatic rings. The first-order valence-electron chi connectivity index (χ1n) is 4.87. The molecule has 3 nitrogen and oxygen atoms in total. The van der Waals surface area contributed by atoms with Gasteiger partial charge in [0, 0.05) is 19.3 Å². The predicted molar refractivity (Wildman–Crippen MR) is 59.3 cm³/mol. The molecule has 1 rings (SSSR count). The summed E-state index contributed by atoms with van der Waals surface area (Å²) in [4.78, 5) is 0. The minimum Gasteiger partial charge on any atom is -0.399 e. The Hall–Kier alpha value is -1.06. The summed E-state index contributed by atoms with van der Waals surface area (Å²) in [6, 6.07) is 7.99. The molecule has 0 heterocycles. The molecule has 0 saturated heterocycles. The summed E-state index contributed by atoms with van der Waals surface area (Å²) >= 11 is 0. The first-order valence-corrected chi connectivity index (χ1v) is 4.87. The summed E-state index contributed by atoms with van der Waals surface area (Å²) in [5, 5.41) is 3.29. The number of nitrogens with one attached hydrogen (secondary N) is 1. The fraction of sp³-hybridized carbons (Fsp3) is 0.455. The molecular formula is C11H18N2O. The van der Waals surface area contributed by atoms with Crippen molar-refractivity contribution in [3.8, 4) is 0 Å².